The number of nitrogens with zero attached hydrogens (tertiary/aromatic N) is 2. The van der Waals surface area contributed by atoms with Crippen molar-refractivity contribution in [1.29, 1.82) is 5.26 Å². The Bertz CT molecular complexity index is 996. The molecule has 0 unspecified atom stereocenters. The predicted molar refractivity (Wildman–Crippen MR) is 114 cm³/mol. The van der Waals surface area contributed by atoms with Crippen molar-refractivity contribution in [3.8, 4) is 11.8 Å². The number of hydrogen-bond donors (Lipinski definition) is 0. The Morgan fingerprint density at radius 1 is 1.03 bits per heavy atom. The molecule has 0 aliphatic rings. The first-order valence-electron chi connectivity index (χ1n) is 9.94. The molecule has 0 saturated carbocycles. The fourth-order valence-electron chi connectivity index (χ4n) is 3.52. The second kappa shape index (κ2) is 9.86. The topological polar surface area (TPSA) is 55.0 Å². The summed E-state index contributed by atoms with van der Waals surface area (Å²) in [6.07, 6.45) is 2.20. The first kappa shape index (κ1) is 20.6. The quantitative estimate of drug-likeness (QED) is 0.359. The lowest BCUT2D eigenvalue weighted by molar-refractivity contribution is 0.0958. The molecule has 0 N–H and O–H groups in total. The van der Waals surface area contributed by atoms with Crippen LogP contribution in [0.25, 0.3) is 5.69 Å². The molecular formula is C25H26N2O2. The molecule has 0 bridgehead atoms. The van der Waals surface area contributed by atoms with Crippen LogP contribution in [0.4, 0.5) is 0 Å². The van der Waals surface area contributed by atoms with E-state index in [2.05, 4.69) is 10.6 Å². The zero-order valence-electron chi connectivity index (χ0n) is 17.0. The highest BCUT2D eigenvalue weighted by molar-refractivity contribution is 5.97. The smallest absolute Gasteiger partial charge is 0.164 e. The lowest BCUT2D eigenvalue weighted by atomic mass is 10.1. The molecule has 1 heterocycles. The Labute approximate surface area is 172 Å². The van der Waals surface area contributed by atoms with E-state index in [0.29, 0.717) is 25.2 Å². The first-order chi connectivity index (χ1) is 14.1. The van der Waals surface area contributed by atoms with E-state index < -0.39 is 0 Å². The molecule has 0 saturated heterocycles. The van der Waals surface area contributed by atoms with Crippen molar-refractivity contribution in [1.82, 2.24) is 4.57 Å². The van der Waals surface area contributed by atoms with E-state index in [1.807, 2.05) is 62.4 Å². The Hall–Kier alpha value is -3.16. The molecule has 2 aromatic carbocycles. The van der Waals surface area contributed by atoms with Crippen LogP contribution in [0.2, 0.25) is 0 Å². The maximum Gasteiger partial charge on any atom is 0.164 e. The van der Waals surface area contributed by atoms with Crippen LogP contribution >= 0.6 is 0 Å². The molecule has 3 aromatic rings. The molecule has 0 radical (unpaired) electrons. The standard InChI is InChI=1S/C25H26N2O2/c1-19-16-24(20(2)27(19)23-13-11-21(17-26)12-14-23)25(28)10-6-7-15-29-18-22-8-4-3-5-9-22/h3-5,8-9,11-14,16H,6-7,10,15,18H2,1-2H3. The zero-order chi connectivity index (χ0) is 20.6. The summed E-state index contributed by atoms with van der Waals surface area (Å²) in [5, 5.41) is 8.97. The molecule has 3 rings (SSSR count). The maximum absolute atomic E-state index is 12.7. The van der Waals surface area contributed by atoms with E-state index in [1.165, 1.54) is 5.56 Å². The summed E-state index contributed by atoms with van der Waals surface area (Å²) in [5.41, 5.74) is 5.49. The molecular weight excluding hydrogens is 360 g/mol. The number of carbonyl (C=O) groups excluding carboxylic acids is 1. The van der Waals surface area contributed by atoms with Gasteiger partial charge in [0.2, 0.25) is 0 Å². The zero-order valence-corrected chi connectivity index (χ0v) is 17.0. The molecule has 4 nitrogen and oxygen atoms in total. The van der Waals surface area contributed by atoms with E-state index in [0.717, 1.165) is 35.5 Å². The van der Waals surface area contributed by atoms with Gasteiger partial charge in [0, 0.05) is 35.7 Å². The number of benzene rings is 2. The van der Waals surface area contributed by atoms with Gasteiger partial charge < -0.3 is 9.30 Å². The van der Waals surface area contributed by atoms with Crippen molar-refractivity contribution in [3.63, 3.8) is 0 Å². The van der Waals surface area contributed by atoms with E-state index in [4.69, 9.17) is 10.00 Å². The molecule has 0 aliphatic heterocycles. The highest BCUT2D eigenvalue weighted by Crippen LogP contribution is 2.23. The largest absolute Gasteiger partial charge is 0.377 e. The SMILES string of the molecule is Cc1cc(C(=O)CCCCOCc2ccccc2)c(C)n1-c1ccc(C#N)cc1. The van der Waals surface area contributed by atoms with E-state index in [9.17, 15) is 4.79 Å². The molecule has 29 heavy (non-hydrogen) atoms. The molecule has 1 aromatic heterocycles. The summed E-state index contributed by atoms with van der Waals surface area (Å²) in [7, 11) is 0. The van der Waals surface area contributed by atoms with Crippen molar-refractivity contribution >= 4 is 5.78 Å². The number of rotatable bonds is 9. The molecule has 0 spiro atoms. The van der Waals surface area contributed by atoms with E-state index in [1.54, 1.807) is 12.1 Å². The second-order valence-corrected chi connectivity index (χ2v) is 7.20. The van der Waals surface area contributed by atoms with E-state index >= 15 is 0 Å². The van der Waals surface area contributed by atoms with E-state index in [-0.39, 0.29) is 5.78 Å². The van der Waals surface area contributed by atoms with Crippen LogP contribution in [0.1, 0.15) is 52.1 Å². The number of ketones is 1. The Morgan fingerprint density at radius 3 is 2.45 bits per heavy atom. The summed E-state index contributed by atoms with van der Waals surface area (Å²) < 4.78 is 7.76. The average molecular weight is 386 g/mol. The van der Waals surface area contributed by atoms with Gasteiger partial charge in [-0.2, -0.15) is 5.26 Å². The van der Waals surface area contributed by atoms with Gasteiger partial charge in [0.05, 0.1) is 18.2 Å². The van der Waals surface area contributed by atoms with Crippen LogP contribution in [-0.2, 0) is 11.3 Å². The van der Waals surface area contributed by atoms with Crippen LogP contribution in [0.5, 0.6) is 0 Å². The molecule has 0 amide bonds. The summed E-state index contributed by atoms with van der Waals surface area (Å²) >= 11 is 0. The van der Waals surface area contributed by atoms with Gasteiger partial charge in [0.25, 0.3) is 0 Å². The third-order valence-corrected chi connectivity index (χ3v) is 5.04. The van der Waals surface area contributed by atoms with Gasteiger partial charge in [0.15, 0.2) is 5.78 Å². The summed E-state index contributed by atoms with van der Waals surface area (Å²) in [6.45, 7) is 5.24. The average Bonchev–Trinajstić information content (AvgIpc) is 3.05. The lowest BCUT2D eigenvalue weighted by Gasteiger charge is -2.10. The van der Waals surface area contributed by atoms with Gasteiger partial charge in [0.1, 0.15) is 0 Å². The van der Waals surface area contributed by atoms with Gasteiger partial charge in [-0.15, -0.1) is 0 Å². The van der Waals surface area contributed by atoms with Crippen LogP contribution in [0.15, 0.2) is 60.7 Å². The number of carbonyl (C=O) groups is 1. The first-order valence-corrected chi connectivity index (χ1v) is 9.94. The molecule has 0 aliphatic carbocycles. The minimum atomic E-state index is 0.168. The van der Waals surface area contributed by atoms with Crippen LogP contribution in [-0.4, -0.2) is 17.0 Å². The van der Waals surface area contributed by atoms with Crippen LogP contribution < -0.4 is 0 Å². The fraction of sp³-hybridized carbons (Fsp3) is 0.280. The van der Waals surface area contributed by atoms with Crippen molar-refractivity contribution in [2.24, 2.45) is 0 Å². The molecule has 0 atom stereocenters. The summed E-state index contributed by atoms with van der Waals surface area (Å²) in [5.74, 6) is 0.168. The molecule has 4 heteroatoms. The monoisotopic (exact) mass is 386 g/mol. The third kappa shape index (κ3) is 5.22. The van der Waals surface area contributed by atoms with Crippen LogP contribution in [0.3, 0.4) is 0 Å². The summed E-state index contributed by atoms with van der Waals surface area (Å²) in [6, 6.07) is 21.6. The van der Waals surface area contributed by atoms with Gasteiger partial charge >= 0.3 is 0 Å². The summed E-state index contributed by atoms with van der Waals surface area (Å²) in [4.78, 5) is 12.7. The number of aryl methyl sites for hydroxylation is 1. The molecule has 0 fully saturated rings. The Balaban J connectivity index is 1.52. The number of aromatic nitrogens is 1. The fourth-order valence-corrected chi connectivity index (χ4v) is 3.52. The van der Waals surface area contributed by atoms with Crippen LogP contribution in [0, 0.1) is 25.2 Å². The Kier molecular flexibility index (Phi) is 6.99. The number of unbranched alkanes of at least 4 members (excludes halogenated alkanes) is 1. The van der Waals surface area contributed by atoms with Gasteiger partial charge in [-0.05, 0) is 62.6 Å². The van der Waals surface area contributed by atoms with Gasteiger partial charge in [-0.25, -0.2) is 0 Å². The van der Waals surface area contributed by atoms with Crippen molar-refractivity contribution in [2.75, 3.05) is 6.61 Å². The third-order valence-electron chi connectivity index (χ3n) is 5.04. The van der Waals surface area contributed by atoms with Gasteiger partial charge in [-0.3, -0.25) is 4.79 Å². The van der Waals surface area contributed by atoms with Crippen molar-refractivity contribution < 1.29 is 9.53 Å². The predicted octanol–water partition coefficient (Wildman–Crippen LogP) is 5.54. The Morgan fingerprint density at radius 2 is 1.76 bits per heavy atom. The minimum Gasteiger partial charge on any atom is -0.377 e. The lowest BCUT2D eigenvalue weighted by Crippen LogP contribution is -2.04. The second-order valence-electron chi connectivity index (χ2n) is 7.20. The number of nitriles is 1. The number of Topliss-reactive ketones (excluding diaryl/α,β-unsaturated/α-hetero) is 1. The highest BCUT2D eigenvalue weighted by Gasteiger charge is 2.16. The van der Waals surface area contributed by atoms with Gasteiger partial charge in [-0.1, -0.05) is 30.3 Å². The maximum atomic E-state index is 12.7. The van der Waals surface area contributed by atoms with Crippen molar-refractivity contribution in [3.05, 3.63) is 88.7 Å². The normalized spacial score (nSPS) is 10.7. The number of hydrogen-bond acceptors (Lipinski definition) is 3. The van der Waals surface area contributed by atoms with Crippen molar-refractivity contribution in [2.45, 2.75) is 39.7 Å². The number of ether oxygens (including phenoxy) is 1. The minimum absolute atomic E-state index is 0.168. The molecule has 148 valence electrons. The highest BCUT2D eigenvalue weighted by atomic mass is 16.5.